The van der Waals surface area contributed by atoms with E-state index in [2.05, 4.69) is 24.9 Å². The van der Waals surface area contributed by atoms with Crippen molar-refractivity contribution in [2.45, 2.75) is 20.4 Å². The van der Waals surface area contributed by atoms with Gasteiger partial charge in [-0.15, -0.1) is 11.3 Å². The molecule has 0 bridgehead atoms. The minimum absolute atomic E-state index is 0.522. The topological polar surface area (TPSA) is 38.9 Å². The molecule has 0 aliphatic rings. The number of nitrogens with two attached hydrogens (primary N) is 1. The summed E-state index contributed by atoms with van der Waals surface area (Å²) in [6.07, 6.45) is 1.83. The van der Waals surface area contributed by atoms with Gasteiger partial charge >= 0.3 is 0 Å². The maximum Gasteiger partial charge on any atom is 0.0628 e. The fourth-order valence-electron chi connectivity index (χ4n) is 1.54. The number of aryl methyl sites for hydroxylation is 2. The standard InChI is InChI=1S/C10H12N2S/c1-6-7(2)13-9-3-4-12-8(5-11)10(6)9/h3-4H,5,11H2,1-2H3. The van der Waals surface area contributed by atoms with Gasteiger partial charge < -0.3 is 5.73 Å². The van der Waals surface area contributed by atoms with Crippen LogP contribution in [-0.2, 0) is 6.54 Å². The molecule has 0 unspecified atom stereocenters. The zero-order valence-corrected chi connectivity index (χ0v) is 8.61. The second-order valence-electron chi connectivity index (χ2n) is 3.12. The molecule has 0 atom stereocenters. The van der Waals surface area contributed by atoms with E-state index in [-0.39, 0.29) is 0 Å². The molecule has 2 aromatic rings. The number of thiophene rings is 1. The highest BCUT2D eigenvalue weighted by molar-refractivity contribution is 7.19. The number of pyridine rings is 1. The van der Waals surface area contributed by atoms with Crippen molar-refractivity contribution in [1.82, 2.24) is 4.98 Å². The molecule has 3 heteroatoms. The zero-order chi connectivity index (χ0) is 9.42. The monoisotopic (exact) mass is 192 g/mol. The van der Waals surface area contributed by atoms with Crippen molar-refractivity contribution >= 4 is 21.4 Å². The van der Waals surface area contributed by atoms with E-state index in [1.807, 2.05) is 17.5 Å². The summed E-state index contributed by atoms with van der Waals surface area (Å²) in [6.45, 7) is 4.80. The lowest BCUT2D eigenvalue weighted by molar-refractivity contribution is 1.01. The molecule has 0 aromatic carbocycles. The maximum absolute atomic E-state index is 5.64. The van der Waals surface area contributed by atoms with Crippen LogP contribution in [0.1, 0.15) is 16.1 Å². The Morgan fingerprint density at radius 2 is 2.23 bits per heavy atom. The first-order valence-corrected chi connectivity index (χ1v) is 5.09. The van der Waals surface area contributed by atoms with Crippen molar-refractivity contribution in [3.8, 4) is 0 Å². The lowest BCUT2D eigenvalue weighted by atomic mass is 10.1. The summed E-state index contributed by atoms with van der Waals surface area (Å²) in [5.41, 5.74) is 7.98. The number of aromatic nitrogens is 1. The smallest absolute Gasteiger partial charge is 0.0628 e. The molecule has 0 fully saturated rings. The van der Waals surface area contributed by atoms with Gasteiger partial charge in [-0.1, -0.05) is 0 Å². The molecule has 2 N–H and O–H groups in total. The Labute approximate surface area is 81.4 Å². The summed E-state index contributed by atoms with van der Waals surface area (Å²) < 4.78 is 1.30. The molecule has 0 aliphatic carbocycles. The number of nitrogens with zero attached hydrogens (tertiary/aromatic N) is 1. The third-order valence-electron chi connectivity index (χ3n) is 2.35. The van der Waals surface area contributed by atoms with Crippen LogP contribution in [0.15, 0.2) is 12.3 Å². The lowest BCUT2D eigenvalue weighted by Crippen LogP contribution is -1.99. The van der Waals surface area contributed by atoms with E-state index in [9.17, 15) is 0 Å². The van der Waals surface area contributed by atoms with Crippen molar-refractivity contribution in [2.24, 2.45) is 5.73 Å². The van der Waals surface area contributed by atoms with Crippen LogP contribution in [0.2, 0.25) is 0 Å². The highest BCUT2D eigenvalue weighted by Crippen LogP contribution is 2.31. The molecule has 2 nitrogen and oxygen atoms in total. The molecule has 0 spiro atoms. The summed E-state index contributed by atoms with van der Waals surface area (Å²) in [5, 5.41) is 1.26. The zero-order valence-electron chi connectivity index (χ0n) is 7.79. The van der Waals surface area contributed by atoms with Gasteiger partial charge in [-0.2, -0.15) is 0 Å². The second kappa shape index (κ2) is 3.09. The average molecular weight is 192 g/mol. The summed E-state index contributed by atoms with van der Waals surface area (Å²) in [5.74, 6) is 0. The van der Waals surface area contributed by atoms with Crippen LogP contribution in [0.4, 0.5) is 0 Å². The van der Waals surface area contributed by atoms with Gasteiger partial charge in [0.15, 0.2) is 0 Å². The molecule has 0 aliphatic heterocycles. The molecule has 0 radical (unpaired) electrons. The first kappa shape index (κ1) is 8.66. The summed E-state index contributed by atoms with van der Waals surface area (Å²) >= 11 is 1.81. The Morgan fingerprint density at radius 1 is 1.46 bits per heavy atom. The second-order valence-corrected chi connectivity index (χ2v) is 4.37. The van der Waals surface area contributed by atoms with E-state index >= 15 is 0 Å². The highest BCUT2D eigenvalue weighted by atomic mass is 32.1. The molecule has 0 amide bonds. The number of rotatable bonds is 1. The third-order valence-corrected chi connectivity index (χ3v) is 3.52. The van der Waals surface area contributed by atoms with Gasteiger partial charge in [0.05, 0.1) is 5.69 Å². The number of hydrogen-bond donors (Lipinski definition) is 1. The van der Waals surface area contributed by atoms with Crippen molar-refractivity contribution in [3.05, 3.63) is 28.4 Å². The molecular formula is C10H12N2S. The van der Waals surface area contributed by atoms with E-state index in [4.69, 9.17) is 5.73 Å². The first-order chi connectivity index (χ1) is 6.24. The van der Waals surface area contributed by atoms with Crippen LogP contribution >= 0.6 is 11.3 Å². The third kappa shape index (κ3) is 1.24. The average Bonchev–Trinajstić information content (AvgIpc) is 2.43. The van der Waals surface area contributed by atoms with Gasteiger partial charge in [-0.25, -0.2) is 0 Å². The normalized spacial score (nSPS) is 11.0. The fraction of sp³-hybridized carbons (Fsp3) is 0.300. The quantitative estimate of drug-likeness (QED) is 0.753. The molecule has 2 rings (SSSR count). The molecule has 68 valence electrons. The molecule has 0 saturated carbocycles. The predicted octanol–water partition coefficient (Wildman–Crippen LogP) is 2.37. The number of fused-ring (bicyclic) bond motifs is 1. The van der Waals surface area contributed by atoms with Gasteiger partial charge in [-0.3, -0.25) is 4.98 Å². The van der Waals surface area contributed by atoms with E-state index in [0.29, 0.717) is 6.54 Å². The van der Waals surface area contributed by atoms with Crippen molar-refractivity contribution < 1.29 is 0 Å². The van der Waals surface area contributed by atoms with Gasteiger partial charge in [-0.05, 0) is 25.5 Å². The molecular weight excluding hydrogens is 180 g/mol. The molecule has 2 heterocycles. The van der Waals surface area contributed by atoms with Gasteiger partial charge in [0.25, 0.3) is 0 Å². The Balaban J connectivity index is 2.87. The van der Waals surface area contributed by atoms with Gasteiger partial charge in [0.2, 0.25) is 0 Å². The van der Waals surface area contributed by atoms with Crippen LogP contribution in [0.25, 0.3) is 10.1 Å². The van der Waals surface area contributed by atoms with Crippen LogP contribution in [0, 0.1) is 13.8 Å². The van der Waals surface area contributed by atoms with E-state index in [0.717, 1.165) is 5.69 Å². The molecule has 13 heavy (non-hydrogen) atoms. The Kier molecular flexibility index (Phi) is 2.06. The van der Waals surface area contributed by atoms with Crippen molar-refractivity contribution in [2.75, 3.05) is 0 Å². The first-order valence-electron chi connectivity index (χ1n) is 4.27. The highest BCUT2D eigenvalue weighted by Gasteiger charge is 2.08. The van der Waals surface area contributed by atoms with Crippen LogP contribution < -0.4 is 5.73 Å². The maximum atomic E-state index is 5.64. The van der Waals surface area contributed by atoms with E-state index in [1.54, 1.807) is 0 Å². The van der Waals surface area contributed by atoms with Crippen LogP contribution in [-0.4, -0.2) is 4.98 Å². The summed E-state index contributed by atoms with van der Waals surface area (Å²) in [7, 11) is 0. The minimum atomic E-state index is 0.522. The van der Waals surface area contributed by atoms with E-state index in [1.165, 1.54) is 20.5 Å². The van der Waals surface area contributed by atoms with Crippen molar-refractivity contribution in [3.63, 3.8) is 0 Å². The van der Waals surface area contributed by atoms with Crippen molar-refractivity contribution in [1.29, 1.82) is 0 Å². The SMILES string of the molecule is Cc1sc2ccnc(CN)c2c1C. The Morgan fingerprint density at radius 3 is 2.92 bits per heavy atom. The summed E-state index contributed by atoms with van der Waals surface area (Å²) in [4.78, 5) is 5.64. The van der Waals surface area contributed by atoms with Crippen LogP contribution in [0.3, 0.4) is 0 Å². The predicted molar refractivity (Wildman–Crippen MR) is 57.0 cm³/mol. The Hall–Kier alpha value is -0.930. The summed E-state index contributed by atoms with van der Waals surface area (Å²) in [6, 6.07) is 2.05. The van der Waals surface area contributed by atoms with Gasteiger partial charge in [0, 0.05) is 27.7 Å². The fourth-order valence-corrected chi connectivity index (χ4v) is 2.63. The van der Waals surface area contributed by atoms with Crippen LogP contribution in [0.5, 0.6) is 0 Å². The molecule has 0 saturated heterocycles. The molecule has 2 aromatic heterocycles. The number of hydrogen-bond acceptors (Lipinski definition) is 3. The van der Waals surface area contributed by atoms with E-state index < -0.39 is 0 Å². The van der Waals surface area contributed by atoms with Gasteiger partial charge in [0.1, 0.15) is 0 Å². The minimum Gasteiger partial charge on any atom is -0.325 e. The lowest BCUT2D eigenvalue weighted by Gasteiger charge is -1.98. The largest absolute Gasteiger partial charge is 0.325 e. The Bertz CT molecular complexity index is 445.